The fourth-order valence-corrected chi connectivity index (χ4v) is 2.97. The second-order valence-electron chi connectivity index (χ2n) is 6.14. The first-order valence-corrected chi connectivity index (χ1v) is 8.27. The Hall–Kier alpha value is -2.20. The summed E-state index contributed by atoms with van der Waals surface area (Å²) in [5.74, 6) is 0.378. The molecule has 2 aromatic rings. The number of nitrogens with two attached hydrogens (primary N) is 1. The number of nitrogens with zero attached hydrogens (tertiary/aromatic N) is 2. The van der Waals surface area contributed by atoms with Crippen LogP contribution in [0.1, 0.15) is 50.2 Å². The molecule has 0 saturated heterocycles. The summed E-state index contributed by atoms with van der Waals surface area (Å²) in [7, 11) is 0. The minimum Gasteiger partial charge on any atom is -0.388 e. The standard InChI is InChI=1S/C19H23N3O/c20-19(22-21-17-8-2-1-3-9-17)13-18(23)16-11-10-14-6-4-5-7-15(14)12-16/h4-7,10-12,18,23H,1-3,8-9,13H2,(H2,20,22). The van der Waals surface area contributed by atoms with Gasteiger partial charge in [-0.3, -0.25) is 0 Å². The Balaban J connectivity index is 1.68. The summed E-state index contributed by atoms with van der Waals surface area (Å²) in [6.45, 7) is 0. The van der Waals surface area contributed by atoms with Gasteiger partial charge in [-0.25, -0.2) is 0 Å². The number of hydrogen-bond acceptors (Lipinski definition) is 3. The fraction of sp³-hybridized carbons (Fsp3) is 0.368. The van der Waals surface area contributed by atoms with E-state index in [0.29, 0.717) is 12.3 Å². The minimum absolute atomic E-state index is 0.301. The smallest absolute Gasteiger partial charge is 0.125 e. The van der Waals surface area contributed by atoms with Crippen LogP contribution in [-0.2, 0) is 0 Å². The quantitative estimate of drug-likeness (QED) is 0.510. The largest absolute Gasteiger partial charge is 0.388 e. The molecule has 0 bridgehead atoms. The molecule has 1 unspecified atom stereocenters. The van der Waals surface area contributed by atoms with E-state index in [1.54, 1.807) is 0 Å². The summed E-state index contributed by atoms with van der Waals surface area (Å²) in [4.78, 5) is 0. The molecule has 1 atom stereocenters. The number of hydrogen-bond donors (Lipinski definition) is 2. The van der Waals surface area contributed by atoms with E-state index in [0.717, 1.165) is 34.9 Å². The lowest BCUT2D eigenvalue weighted by Gasteiger charge is -2.12. The lowest BCUT2D eigenvalue weighted by Crippen LogP contribution is -2.16. The van der Waals surface area contributed by atoms with Gasteiger partial charge < -0.3 is 10.8 Å². The molecule has 0 aliphatic heterocycles. The summed E-state index contributed by atoms with van der Waals surface area (Å²) in [6, 6.07) is 14.1. The number of rotatable bonds is 4. The van der Waals surface area contributed by atoms with Gasteiger partial charge in [-0.15, -0.1) is 5.10 Å². The maximum Gasteiger partial charge on any atom is 0.125 e. The first-order chi connectivity index (χ1) is 11.2. The highest BCUT2D eigenvalue weighted by atomic mass is 16.3. The third-order valence-corrected chi connectivity index (χ3v) is 4.31. The normalized spacial score (nSPS) is 17.3. The van der Waals surface area contributed by atoms with Crippen molar-refractivity contribution >= 4 is 22.3 Å². The van der Waals surface area contributed by atoms with E-state index in [-0.39, 0.29) is 0 Å². The van der Waals surface area contributed by atoms with Crippen molar-refractivity contribution in [2.75, 3.05) is 0 Å². The van der Waals surface area contributed by atoms with Crippen LogP contribution in [0, 0.1) is 0 Å². The lowest BCUT2D eigenvalue weighted by molar-refractivity contribution is 0.186. The van der Waals surface area contributed by atoms with Crippen molar-refractivity contribution in [3.8, 4) is 0 Å². The first-order valence-electron chi connectivity index (χ1n) is 8.27. The highest BCUT2D eigenvalue weighted by Gasteiger charge is 2.11. The van der Waals surface area contributed by atoms with E-state index in [9.17, 15) is 5.11 Å². The SMILES string of the molecule is N/C(CC(O)c1ccc2ccccc2c1)=N\N=C1CCCCC1. The van der Waals surface area contributed by atoms with Crippen molar-refractivity contribution in [1.29, 1.82) is 0 Å². The lowest BCUT2D eigenvalue weighted by atomic mass is 9.99. The van der Waals surface area contributed by atoms with Gasteiger partial charge in [0.25, 0.3) is 0 Å². The predicted octanol–water partition coefficient (Wildman–Crippen LogP) is 3.94. The van der Waals surface area contributed by atoms with Crippen LogP contribution in [0.4, 0.5) is 0 Å². The van der Waals surface area contributed by atoms with Crippen LogP contribution in [0.15, 0.2) is 52.7 Å². The van der Waals surface area contributed by atoms with Crippen LogP contribution in [0.2, 0.25) is 0 Å². The molecule has 1 fully saturated rings. The third-order valence-electron chi connectivity index (χ3n) is 4.31. The summed E-state index contributed by atoms with van der Waals surface area (Å²) < 4.78 is 0. The second-order valence-corrected chi connectivity index (χ2v) is 6.14. The van der Waals surface area contributed by atoms with Crippen LogP contribution in [-0.4, -0.2) is 16.7 Å². The van der Waals surface area contributed by atoms with Gasteiger partial charge in [0.15, 0.2) is 0 Å². The van der Waals surface area contributed by atoms with Crippen molar-refractivity contribution < 1.29 is 5.11 Å². The fourth-order valence-electron chi connectivity index (χ4n) is 2.97. The van der Waals surface area contributed by atoms with Gasteiger partial charge in [-0.2, -0.15) is 5.10 Å². The second kappa shape index (κ2) is 7.38. The average molecular weight is 309 g/mol. The molecule has 1 aliphatic rings. The van der Waals surface area contributed by atoms with Crippen LogP contribution in [0.5, 0.6) is 0 Å². The monoisotopic (exact) mass is 309 g/mol. The molecular formula is C19H23N3O. The minimum atomic E-state index is -0.657. The molecule has 2 aromatic carbocycles. The van der Waals surface area contributed by atoms with Gasteiger partial charge in [0.2, 0.25) is 0 Å². The van der Waals surface area contributed by atoms with Crippen molar-refractivity contribution in [3.05, 3.63) is 48.0 Å². The Morgan fingerprint density at radius 3 is 2.57 bits per heavy atom. The van der Waals surface area contributed by atoms with E-state index >= 15 is 0 Å². The highest BCUT2D eigenvalue weighted by Crippen LogP contribution is 2.22. The summed E-state index contributed by atoms with van der Waals surface area (Å²) in [5, 5.41) is 21.0. The molecule has 4 nitrogen and oxygen atoms in total. The zero-order valence-corrected chi connectivity index (χ0v) is 13.3. The van der Waals surface area contributed by atoms with Gasteiger partial charge in [0.05, 0.1) is 6.10 Å². The zero-order valence-electron chi connectivity index (χ0n) is 13.3. The maximum absolute atomic E-state index is 10.4. The van der Waals surface area contributed by atoms with Gasteiger partial charge in [-0.05, 0) is 48.1 Å². The molecule has 0 heterocycles. The van der Waals surface area contributed by atoms with Crippen molar-refractivity contribution in [1.82, 2.24) is 0 Å². The Labute approximate surface area is 136 Å². The third kappa shape index (κ3) is 4.17. The molecule has 23 heavy (non-hydrogen) atoms. The van der Waals surface area contributed by atoms with Gasteiger partial charge in [0.1, 0.15) is 5.84 Å². The van der Waals surface area contributed by atoms with E-state index in [4.69, 9.17) is 5.73 Å². The molecule has 3 N–H and O–H groups in total. The Kier molecular flexibility index (Phi) is 5.03. The predicted molar refractivity (Wildman–Crippen MR) is 95.7 cm³/mol. The molecular weight excluding hydrogens is 286 g/mol. The van der Waals surface area contributed by atoms with Crippen LogP contribution < -0.4 is 5.73 Å². The Morgan fingerprint density at radius 2 is 1.78 bits per heavy atom. The van der Waals surface area contributed by atoms with Crippen molar-refractivity contribution in [2.45, 2.75) is 44.6 Å². The summed E-state index contributed by atoms with van der Waals surface area (Å²) >= 11 is 0. The van der Waals surface area contributed by atoms with Crippen LogP contribution in [0.25, 0.3) is 10.8 Å². The molecule has 0 amide bonds. The highest BCUT2D eigenvalue weighted by molar-refractivity contribution is 5.87. The van der Waals surface area contributed by atoms with Gasteiger partial charge in [0, 0.05) is 12.1 Å². The molecule has 0 radical (unpaired) electrons. The molecule has 1 saturated carbocycles. The zero-order chi connectivity index (χ0) is 16.1. The number of amidine groups is 1. The van der Waals surface area contributed by atoms with Crippen molar-refractivity contribution in [2.24, 2.45) is 15.9 Å². The van der Waals surface area contributed by atoms with Crippen LogP contribution >= 0.6 is 0 Å². The summed E-state index contributed by atoms with van der Waals surface area (Å²) in [6.07, 6.45) is 5.33. The number of benzene rings is 2. The molecule has 1 aliphatic carbocycles. The summed E-state index contributed by atoms with van der Waals surface area (Å²) in [5.41, 5.74) is 7.90. The Morgan fingerprint density at radius 1 is 1.04 bits per heavy atom. The molecule has 120 valence electrons. The van der Waals surface area contributed by atoms with Gasteiger partial charge in [-0.1, -0.05) is 42.8 Å². The number of fused-ring (bicyclic) bond motifs is 1. The Bertz CT molecular complexity index is 728. The number of aliphatic hydroxyl groups is 1. The topological polar surface area (TPSA) is 71.0 Å². The first kappa shape index (κ1) is 15.7. The molecule has 3 rings (SSSR count). The molecule has 4 heteroatoms. The van der Waals surface area contributed by atoms with Crippen molar-refractivity contribution in [3.63, 3.8) is 0 Å². The molecule has 0 aromatic heterocycles. The average Bonchev–Trinajstić information content (AvgIpc) is 2.60. The van der Waals surface area contributed by atoms with Crippen LogP contribution in [0.3, 0.4) is 0 Å². The number of aliphatic hydroxyl groups excluding tert-OH is 1. The maximum atomic E-state index is 10.4. The van der Waals surface area contributed by atoms with E-state index < -0.39 is 6.10 Å². The van der Waals surface area contributed by atoms with Gasteiger partial charge >= 0.3 is 0 Å². The van der Waals surface area contributed by atoms with E-state index in [1.165, 1.54) is 19.3 Å². The van der Waals surface area contributed by atoms with E-state index in [1.807, 2.05) is 36.4 Å². The molecule has 0 spiro atoms. The van der Waals surface area contributed by atoms with E-state index in [2.05, 4.69) is 16.3 Å².